The lowest BCUT2D eigenvalue weighted by molar-refractivity contribution is -0.130. The van der Waals surface area contributed by atoms with Crippen LogP contribution in [0.1, 0.15) is 43.2 Å². The maximum Gasteiger partial charge on any atom is 0.270 e. The van der Waals surface area contributed by atoms with Crippen LogP contribution in [0, 0.1) is 5.82 Å². The van der Waals surface area contributed by atoms with E-state index in [-0.39, 0.29) is 37.8 Å². The summed E-state index contributed by atoms with van der Waals surface area (Å²) in [5.74, 6) is 7.26. The number of amides is 2. The highest BCUT2D eigenvalue weighted by atomic mass is 19.1. The molecule has 0 unspecified atom stereocenters. The van der Waals surface area contributed by atoms with Gasteiger partial charge in [0.2, 0.25) is 5.91 Å². The monoisotopic (exact) mass is 696 g/mol. The Bertz CT molecular complexity index is 1990. The van der Waals surface area contributed by atoms with Gasteiger partial charge in [-0.3, -0.25) is 9.59 Å². The van der Waals surface area contributed by atoms with E-state index < -0.39 is 5.82 Å². The number of rotatable bonds is 11. The van der Waals surface area contributed by atoms with Crippen molar-refractivity contribution in [3.05, 3.63) is 90.3 Å². The Balaban J connectivity index is 0.00000464. The number of aromatic nitrogens is 2. The largest absolute Gasteiger partial charge is 0.496 e. The number of fused-ring (bicyclic) bond motifs is 1. The fourth-order valence-electron chi connectivity index (χ4n) is 6.79. The number of nitrogens with one attached hydrogen (secondary N) is 1. The Morgan fingerprint density at radius 1 is 1.04 bits per heavy atom. The number of methoxy groups -OCH3 is 1. The van der Waals surface area contributed by atoms with Crippen molar-refractivity contribution in [3.8, 4) is 22.6 Å². The van der Waals surface area contributed by atoms with E-state index in [1.165, 1.54) is 17.4 Å². The first-order valence-electron chi connectivity index (χ1n) is 17.4. The van der Waals surface area contributed by atoms with Crippen molar-refractivity contribution in [2.45, 2.75) is 31.8 Å². The molecule has 7 rings (SSSR count). The molecule has 2 aromatic carbocycles. The predicted molar refractivity (Wildman–Crippen MR) is 196 cm³/mol. The van der Waals surface area contributed by atoms with Gasteiger partial charge >= 0.3 is 0 Å². The molecule has 1 aliphatic carbocycles. The summed E-state index contributed by atoms with van der Waals surface area (Å²) >= 11 is 0. The normalized spacial score (nSPS) is 16.5. The van der Waals surface area contributed by atoms with Crippen molar-refractivity contribution in [1.29, 1.82) is 0 Å². The van der Waals surface area contributed by atoms with Gasteiger partial charge in [0.1, 0.15) is 11.4 Å². The van der Waals surface area contributed by atoms with Gasteiger partial charge < -0.3 is 39.9 Å². The number of piperazine rings is 1. The number of H-pyrrole nitrogens is 1. The van der Waals surface area contributed by atoms with Crippen LogP contribution in [-0.4, -0.2) is 95.6 Å². The zero-order valence-corrected chi connectivity index (χ0v) is 28.7. The van der Waals surface area contributed by atoms with Gasteiger partial charge in [-0.15, -0.1) is 0 Å². The summed E-state index contributed by atoms with van der Waals surface area (Å²) in [6.45, 7) is 3.19. The highest BCUT2D eigenvalue weighted by Gasteiger charge is 2.30. The van der Waals surface area contributed by atoms with E-state index in [4.69, 9.17) is 21.1 Å². The van der Waals surface area contributed by atoms with Crippen LogP contribution in [0.15, 0.2) is 73.2 Å². The minimum atomic E-state index is -0.479. The minimum Gasteiger partial charge on any atom is -0.496 e. The van der Waals surface area contributed by atoms with Crippen molar-refractivity contribution >= 4 is 34.1 Å². The molecule has 2 aromatic heterocycles. The quantitative estimate of drug-likeness (QED) is 0.150. The van der Waals surface area contributed by atoms with Gasteiger partial charge in [0, 0.05) is 88.8 Å². The molecule has 0 spiro atoms. The van der Waals surface area contributed by atoms with E-state index in [0.717, 1.165) is 30.0 Å². The van der Waals surface area contributed by atoms with E-state index in [1.54, 1.807) is 35.2 Å². The van der Waals surface area contributed by atoms with Gasteiger partial charge in [-0.2, -0.15) is 0 Å². The number of benzene rings is 2. The van der Waals surface area contributed by atoms with Gasteiger partial charge in [0.25, 0.3) is 5.91 Å². The van der Waals surface area contributed by atoms with E-state index in [1.807, 2.05) is 42.5 Å². The first kappa shape index (κ1) is 33.9. The lowest BCUT2D eigenvalue weighted by Crippen LogP contribution is -2.49. The van der Waals surface area contributed by atoms with Crippen molar-refractivity contribution in [3.63, 3.8) is 0 Å². The molecule has 5 N–H and O–H groups in total. The third-order valence-electron chi connectivity index (χ3n) is 9.63. The van der Waals surface area contributed by atoms with Crippen LogP contribution >= 0.6 is 0 Å². The molecule has 1 saturated carbocycles. The summed E-state index contributed by atoms with van der Waals surface area (Å²) in [7, 11) is 1.59. The molecule has 0 atom stereocenters. The second-order valence-corrected chi connectivity index (χ2v) is 13.0. The van der Waals surface area contributed by atoms with Gasteiger partial charge in [-0.05, 0) is 60.7 Å². The molecule has 2 amide bonds. The lowest BCUT2D eigenvalue weighted by atomic mass is 9.93. The molecule has 2 aliphatic heterocycles. The minimum absolute atomic E-state index is 0. The van der Waals surface area contributed by atoms with Crippen LogP contribution in [-0.2, 0) is 4.79 Å². The third kappa shape index (κ3) is 7.20. The van der Waals surface area contributed by atoms with E-state index >= 15 is 4.39 Å². The molecule has 12 nitrogen and oxygen atoms in total. The number of nitrogens with two attached hydrogens (primary N) is 2. The van der Waals surface area contributed by atoms with Gasteiger partial charge in [0.05, 0.1) is 18.7 Å². The molecule has 13 heteroatoms. The topological polar surface area (TPSA) is 146 Å². The molecule has 268 valence electrons. The Morgan fingerprint density at radius 3 is 2.59 bits per heavy atom. The number of nitrogens with zero attached hydrogens (tertiary/aromatic N) is 5. The smallest absolute Gasteiger partial charge is 0.270 e. The van der Waals surface area contributed by atoms with Crippen molar-refractivity contribution in [1.82, 2.24) is 24.8 Å². The summed E-state index contributed by atoms with van der Waals surface area (Å²) < 4.78 is 28.5. The Kier molecular flexibility index (Phi) is 9.80. The molecular weight excluding hydrogens is 651 g/mol. The molecular formula is C38H45FN8O4. The first-order valence-corrected chi connectivity index (χ1v) is 17.4. The molecule has 51 heavy (non-hydrogen) atoms. The number of aromatic amines is 1. The zero-order valence-electron chi connectivity index (χ0n) is 28.7. The molecule has 0 radical (unpaired) electrons. The number of pyridine rings is 1. The van der Waals surface area contributed by atoms with Crippen molar-refractivity contribution < 1.29 is 24.9 Å². The van der Waals surface area contributed by atoms with Crippen LogP contribution in [0.2, 0.25) is 0 Å². The molecule has 1 saturated heterocycles. The summed E-state index contributed by atoms with van der Waals surface area (Å²) in [4.78, 5) is 40.5. The van der Waals surface area contributed by atoms with Crippen molar-refractivity contribution in [2.24, 2.45) is 11.6 Å². The SMILES string of the molecule is COc1ccccc1-c1cc(C2=CCCN(C(=O)CCN(N)/C=C\N)C2)c(F)c2[nH]c(C(=O)N3CCN(c4ncccc4OC4CC4)CC3)cc12.[HH]. The number of hydrogen-bond donors (Lipinski definition) is 3. The van der Waals surface area contributed by atoms with Crippen LogP contribution in [0.25, 0.3) is 27.6 Å². The maximum absolute atomic E-state index is 16.7. The first-order chi connectivity index (χ1) is 24.8. The molecule has 4 heterocycles. The van der Waals surface area contributed by atoms with Crippen LogP contribution in [0.5, 0.6) is 11.5 Å². The van der Waals surface area contributed by atoms with Crippen LogP contribution in [0.3, 0.4) is 0 Å². The number of hydrogen-bond acceptors (Lipinski definition) is 9. The fourth-order valence-corrected chi connectivity index (χ4v) is 6.79. The average Bonchev–Trinajstić information content (AvgIpc) is 3.87. The summed E-state index contributed by atoms with van der Waals surface area (Å²) in [6.07, 6.45) is 9.67. The van der Waals surface area contributed by atoms with Crippen molar-refractivity contribution in [2.75, 3.05) is 57.8 Å². The molecule has 3 aliphatic rings. The summed E-state index contributed by atoms with van der Waals surface area (Å²) in [5.41, 5.74) is 8.46. The van der Waals surface area contributed by atoms with Gasteiger partial charge in [0.15, 0.2) is 17.4 Å². The Hall–Kier alpha value is -5.56. The fraction of sp³-hybridized carbons (Fsp3) is 0.342. The standard InChI is InChI=1S/C38H43FN8O4.H2/c1-50-32-8-3-2-7-27(32)29-22-28(25-6-5-15-46(24-25)34(48)12-16-47(41)17-13-40)35(39)36-30(29)23-31(43-36)38(49)45-20-18-44(19-21-45)37-33(9-4-14-42-37)51-26-10-11-26;/h2-4,6-9,13-14,17,22-23,26,43H,5,10-12,15-16,18-21,24,40-41H2,1H3;1H/b17-13-;. The van der Waals surface area contributed by atoms with Crippen LogP contribution < -0.4 is 25.9 Å². The maximum atomic E-state index is 16.7. The van der Waals surface area contributed by atoms with Gasteiger partial charge in [-0.25, -0.2) is 15.2 Å². The summed E-state index contributed by atoms with van der Waals surface area (Å²) in [6, 6.07) is 14.9. The number of carbonyl (C=O) groups excluding carboxylic acids is 2. The predicted octanol–water partition coefficient (Wildman–Crippen LogP) is 4.74. The summed E-state index contributed by atoms with van der Waals surface area (Å²) in [5, 5.41) is 1.93. The third-order valence-corrected chi connectivity index (χ3v) is 9.63. The molecule has 0 bridgehead atoms. The number of anilines is 1. The highest BCUT2D eigenvalue weighted by Crippen LogP contribution is 2.40. The average molecular weight is 697 g/mol. The number of carbonyl (C=O) groups is 2. The number of ether oxygens (including phenoxy) is 2. The lowest BCUT2D eigenvalue weighted by Gasteiger charge is -2.35. The van der Waals surface area contributed by atoms with Crippen LogP contribution in [0.4, 0.5) is 10.2 Å². The number of hydrazine groups is 1. The zero-order chi connectivity index (χ0) is 35.5. The number of para-hydroxylation sites is 1. The Labute approximate surface area is 297 Å². The second kappa shape index (κ2) is 14.7. The van der Waals surface area contributed by atoms with E-state index in [2.05, 4.69) is 14.9 Å². The Morgan fingerprint density at radius 2 is 1.82 bits per heavy atom. The van der Waals surface area contributed by atoms with Gasteiger partial charge in [-0.1, -0.05) is 24.3 Å². The number of halogens is 1. The van der Waals surface area contributed by atoms with E-state index in [0.29, 0.717) is 79.2 Å². The second-order valence-electron chi connectivity index (χ2n) is 13.0. The molecule has 4 aromatic rings. The molecule has 2 fully saturated rings. The highest BCUT2D eigenvalue weighted by molar-refractivity contribution is 6.05. The van der Waals surface area contributed by atoms with E-state index in [9.17, 15) is 9.59 Å².